The van der Waals surface area contributed by atoms with Gasteiger partial charge < -0.3 is 54.3 Å². The Bertz CT molecular complexity index is 978. The van der Waals surface area contributed by atoms with Crippen molar-refractivity contribution in [3.8, 4) is 11.5 Å². The van der Waals surface area contributed by atoms with Crippen LogP contribution >= 0.6 is 0 Å². The summed E-state index contributed by atoms with van der Waals surface area (Å²) in [5.74, 6) is 0.625. The van der Waals surface area contributed by atoms with Gasteiger partial charge in [-0.05, 0) is 36.1 Å². The maximum absolute atomic E-state index is 10.4. The molecule has 11 nitrogen and oxygen atoms in total. The van der Waals surface area contributed by atoms with E-state index >= 15 is 0 Å². The summed E-state index contributed by atoms with van der Waals surface area (Å²) >= 11 is 0. The molecule has 0 aromatic heterocycles. The fraction of sp³-hybridized carbons (Fsp3) is 0.615. The van der Waals surface area contributed by atoms with Gasteiger partial charge in [0.1, 0.15) is 42.7 Å². The van der Waals surface area contributed by atoms with Crippen molar-refractivity contribution in [2.75, 3.05) is 34.0 Å². The Kier molecular flexibility index (Phi) is 9.22. The molecule has 9 atom stereocenters. The Balaban J connectivity index is 1.65. The molecule has 0 amide bonds. The van der Waals surface area contributed by atoms with E-state index in [0.717, 1.165) is 16.7 Å². The molecule has 0 spiro atoms. The minimum Gasteiger partial charge on any atom is -0.493 e. The van der Waals surface area contributed by atoms with E-state index in [9.17, 15) is 30.6 Å². The number of benzene rings is 1. The van der Waals surface area contributed by atoms with Crippen LogP contribution in [-0.4, -0.2) is 114 Å². The molecule has 1 saturated heterocycles. The van der Waals surface area contributed by atoms with Gasteiger partial charge >= 0.3 is 0 Å². The predicted octanol–water partition coefficient (Wildman–Crippen LogP) is -0.847. The molecule has 9 unspecified atom stereocenters. The van der Waals surface area contributed by atoms with E-state index in [-0.39, 0.29) is 13.2 Å². The average Bonchev–Trinajstić information content (AvgIpc) is 3.28. The van der Waals surface area contributed by atoms with Crippen LogP contribution in [-0.2, 0) is 20.6 Å². The molecular weight excluding hydrogens is 488 g/mol. The average molecular weight is 525 g/mol. The number of aliphatic hydroxyl groups excluding tert-OH is 6. The van der Waals surface area contributed by atoms with Crippen LogP contribution in [0.3, 0.4) is 0 Å². The van der Waals surface area contributed by atoms with Crippen LogP contribution in [0.1, 0.15) is 23.5 Å². The van der Waals surface area contributed by atoms with Crippen molar-refractivity contribution in [3.63, 3.8) is 0 Å². The van der Waals surface area contributed by atoms with Gasteiger partial charge in [0.05, 0.1) is 26.2 Å². The summed E-state index contributed by atoms with van der Waals surface area (Å²) in [6.45, 7) is -0.536. The zero-order valence-corrected chi connectivity index (χ0v) is 20.8. The molecule has 3 aliphatic rings. The summed E-state index contributed by atoms with van der Waals surface area (Å²) in [4.78, 5) is 0. The summed E-state index contributed by atoms with van der Waals surface area (Å²) in [5.41, 5.74) is 2.47. The minimum absolute atomic E-state index is 0.0155. The fourth-order valence-corrected chi connectivity index (χ4v) is 4.98. The molecule has 4 rings (SSSR count). The van der Waals surface area contributed by atoms with E-state index in [1.807, 2.05) is 12.1 Å². The number of rotatable bonds is 10. The van der Waals surface area contributed by atoms with Crippen LogP contribution in [0, 0.1) is 0 Å². The highest BCUT2D eigenvalue weighted by Gasteiger charge is 2.46. The number of aliphatic hydroxyl groups is 6. The lowest BCUT2D eigenvalue weighted by Crippen LogP contribution is -2.59. The molecule has 6 N–H and O–H groups in total. The Morgan fingerprint density at radius 2 is 1.78 bits per heavy atom. The first-order valence-electron chi connectivity index (χ1n) is 12.3. The number of hydrogen-bond acceptors (Lipinski definition) is 11. The van der Waals surface area contributed by atoms with Crippen molar-refractivity contribution >= 4 is 0 Å². The van der Waals surface area contributed by atoms with Crippen molar-refractivity contribution in [1.29, 1.82) is 0 Å². The van der Waals surface area contributed by atoms with E-state index in [2.05, 4.69) is 0 Å². The summed E-state index contributed by atoms with van der Waals surface area (Å²) in [6.07, 6.45) is -2.57. The van der Waals surface area contributed by atoms with Crippen LogP contribution < -0.4 is 9.47 Å². The van der Waals surface area contributed by atoms with Crippen molar-refractivity contribution in [1.82, 2.24) is 0 Å². The minimum atomic E-state index is -1.56. The SMILES string of the molecule is COc1cc(CCCO)cc2c1OC(C1=CC(OC)C(O)C=C1)C2COC1OC(CO)C(O)C(O)C1O. The quantitative estimate of drug-likeness (QED) is 0.226. The van der Waals surface area contributed by atoms with E-state index in [4.69, 9.17) is 23.7 Å². The number of hydrogen-bond donors (Lipinski definition) is 6. The van der Waals surface area contributed by atoms with Crippen LogP contribution in [0.15, 0.2) is 35.9 Å². The first kappa shape index (κ1) is 28.0. The molecule has 1 aromatic carbocycles. The molecule has 11 heteroatoms. The van der Waals surface area contributed by atoms with Crippen molar-refractivity contribution in [3.05, 3.63) is 47.1 Å². The molecule has 206 valence electrons. The van der Waals surface area contributed by atoms with Crippen molar-refractivity contribution in [2.45, 2.75) is 67.8 Å². The summed E-state index contributed by atoms with van der Waals surface area (Å²) in [5, 5.41) is 59.7. The van der Waals surface area contributed by atoms with Crippen LogP contribution in [0.2, 0.25) is 0 Å². The monoisotopic (exact) mass is 524 g/mol. The third-order valence-corrected chi connectivity index (χ3v) is 7.06. The molecular formula is C26H36O11. The molecule has 0 bridgehead atoms. The van der Waals surface area contributed by atoms with Gasteiger partial charge in [-0.15, -0.1) is 0 Å². The molecule has 2 heterocycles. The molecule has 0 saturated carbocycles. The van der Waals surface area contributed by atoms with Gasteiger partial charge in [-0.2, -0.15) is 0 Å². The van der Waals surface area contributed by atoms with E-state index in [1.54, 1.807) is 25.3 Å². The predicted molar refractivity (Wildman–Crippen MR) is 129 cm³/mol. The topological polar surface area (TPSA) is 168 Å². The summed E-state index contributed by atoms with van der Waals surface area (Å²) in [7, 11) is 3.04. The third-order valence-electron chi connectivity index (χ3n) is 7.06. The maximum atomic E-state index is 10.4. The highest BCUT2D eigenvalue weighted by atomic mass is 16.7. The standard InChI is InChI=1S/C26H36O11/c1-33-18-10-14(5-6-17(18)29)24-16(12-35-26-23(32)22(31)21(30)20(11-28)36-26)15-8-13(4-3-7-27)9-19(34-2)25(15)37-24/h5-6,8-10,16-18,20-24,26-32H,3-4,7,11-12H2,1-2H3. The van der Waals surface area contributed by atoms with Gasteiger partial charge in [0, 0.05) is 19.3 Å². The Morgan fingerprint density at radius 1 is 1.00 bits per heavy atom. The zero-order valence-electron chi connectivity index (χ0n) is 20.8. The van der Waals surface area contributed by atoms with Crippen LogP contribution in [0.25, 0.3) is 0 Å². The highest BCUT2D eigenvalue weighted by molar-refractivity contribution is 5.56. The zero-order chi connectivity index (χ0) is 26.7. The normalized spacial score (nSPS) is 35.1. The Hall–Kier alpha value is -2.06. The largest absolute Gasteiger partial charge is 0.493 e. The van der Waals surface area contributed by atoms with Gasteiger partial charge in [-0.25, -0.2) is 0 Å². The molecule has 1 aliphatic carbocycles. The first-order valence-corrected chi connectivity index (χ1v) is 12.3. The third kappa shape index (κ3) is 5.70. The van der Waals surface area contributed by atoms with E-state index in [1.165, 1.54) is 7.11 Å². The van der Waals surface area contributed by atoms with E-state index in [0.29, 0.717) is 24.3 Å². The van der Waals surface area contributed by atoms with Crippen LogP contribution in [0.5, 0.6) is 11.5 Å². The number of aryl methyl sites for hydroxylation is 1. The second-order valence-corrected chi connectivity index (χ2v) is 9.44. The fourth-order valence-electron chi connectivity index (χ4n) is 4.98. The smallest absolute Gasteiger partial charge is 0.186 e. The summed E-state index contributed by atoms with van der Waals surface area (Å²) in [6, 6.07) is 3.82. The molecule has 0 radical (unpaired) electrons. The van der Waals surface area contributed by atoms with Crippen molar-refractivity contribution in [2.24, 2.45) is 0 Å². The Morgan fingerprint density at radius 3 is 2.46 bits per heavy atom. The second-order valence-electron chi connectivity index (χ2n) is 9.44. The van der Waals surface area contributed by atoms with Crippen molar-refractivity contribution < 1.29 is 54.3 Å². The molecule has 2 aliphatic heterocycles. The lowest BCUT2D eigenvalue weighted by Gasteiger charge is -2.40. The second kappa shape index (κ2) is 12.2. The van der Waals surface area contributed by atoms with Gasteiger partial charge in [0.25, 0.3) is 0 Å². The molecule has 1 fully saturated rings. The molecule has 1 aromatic rings. The van der Waals surface area contributed by atoms with Gasteiger partial charge in [0.2, 0.25) is 0 Å². The van der Waals surface area contributed by atoms with Crippen LogP contribution in [0.4, 0.5) is 0 Å². The van der Waals surface area contributed by atoms with Gasteiger partial charge in [0.15, 0.2) is 17.8 Å². The first-order chi connectivity index (χ1) is 17.8. The van der Waals surface area contributed by atoms with Gasteiger partial charge in [-0.1, -0.05) is 18.2 Å². The summed E-state index contributed by atoms with van der Waals surface area (Å²) < 4.78 is 28.8. The lowest BCUT2D eigenvalue weighted by atomic mass is 9.87. The molecule has 37 heavy (non-hydrogen) atoms. The van der Waals surface area contributed by atoms with E-state index < -0.39 is 61.5 Å². The Labute approximate surface area is 215 Å². The number of ether oxygens (including phenoxy) is 5. The highest BCUT2D eigenvalue weighted by Crippen LogP contribution is 2.48. The maximum Gasteiger partial charge on any atom is 0.186 e. The van der Waals surface area contributed by atoms with Gasteiger partial charge in [-0.3, -0.25) is 0 Å². The number of fused-ring (bicyclic) bond motifs is 1. The number of methoxy groups -OCH3 is 2. The lowest BCUT2D eigenvalue weighted by molar-refractivity contribution is -0.302.